The Balaban J connectivity index is 1.21. The highest BCUT2D eigenvalue weighted by molar-refractivity contribution is 6.10. The van der Waals surface area contributed by atoms with Crippen LogP contribution >= 0.6 is 0 Å². The maximum Gasteiger partial charge on any atom is 0.329 e. The van der Waals surface area contributed by atoms with E-state index >= 15 is 0 Å². The van der Waals surface area contributed by atoms with Crippen LogP contribution in [0.3, 0.4) is 0 Å². The van der Waals surface area contributed by atoms with Gasteiger partial charge < -0.3 is 14.8 Å². The fourth-order valence-corrected chi connectivity index (χ4v) is 6.38. The minimum atomic E-state index is -1.16. The van der Waals surface area contributed by atoms with Crippen LogP contribution in [0.1, 0.15) is 41.0 Å². The van der Waals surface area contributed by atoms with Gasteiger partial charge in [0.25, 0.3) is 5.91 Å². The van der Waals surface area contributed by atoms with Crippen LogP contribution in [0.15, 0.2) is 72.8 Å². The molecule has 192 valence electrons. The summed E-state index contributed by atoms with van der Waals surface area (Å²) in [6.07, 6.45) is 0. The van der Waals surface area contributed by atoms with Gasteiger partial charge in [0.05, 0.1) is 24.6 Å². The number of ether oxygens (including phenoxy) is 2. The molecule has 1 N–H and O–H groups in total. The molecule has 0 aromatic heterocycles. The first-order chi connectivity index (χ1) is 18.4. The minimum absolute atomic E-state index is 0.256. The van der Waals surface area contributed by atoms with Gasteiger partial charge in [-0.1, -0.05) is 60.7 Å². The monoisotopic (exact) mass is 510 g/mol. The smallest absolute Gasteiger partial charge is 0.329 e. The average Bonchev–Trinajstić information content (AvgIpc) is 3.21. The van der Waals surface area contributed by atoms with E-state index in [4.69, 9.17) is 9.47 Å². The number of carbonyl (C=O) groups excluding carboxylic acids is 4. The Morgan fingerprint density at radius 3 is 1.79 bits per heavy atom. The summed E-state index contributed by atoms with van der Waals surface area (Å²) in [4.78, 5) is 53.9. The van der Waals surface area contributed by atoms with Gasteiger partial charge in [0.15, 0.2) is 6.61 Å². The lowest BCUT2D eigenvalue weighted by Crippen LogP contribution is -2.45. The number of para-hydroxylation sites is 2. The molecule has 1 saturated heterocycles. The summed E-state index contributed by atoms with van der Waals surface area (Å²) in [5.74, 6) is -3.34. The molecule has 0 radical (unpaired) electrons. The molecule has 4 aliphatic rings. The number of nitrogens with one attached hydrogen (secondary N) is 1. The molecule has 3 amide bonds. The van der Waals surface area contributed by atoms with Crippen LogP contribution in [0.4, 0.5) is 5.69 Å². The molecule has 2 bridgehead atoms. The number of carbonyl (C=O) groups is 4. The van der Waals surface area contributed by atoms with Gasteiger partial charge >= 0.3 is 5.97 Å². The zero-order chi connectivity index (χ0) is 26.6. The summed E-state index contributed by atoms with van der Waals surface area (Å²) < 4.78 is 10.4. The fraction of sp³-hybridized carbons (Fsp3) is 0.267. The van der Waals surface area contributed by atoms with Gasteiger partial charge in [-0.05, 0) is 41.3 Å². The maximum atomic E-state index is 13.8. The molecule has 1 aliphatic heterocycles. The number of anilines is 1. The second-order valence-electron chi connectivity index (χ2n) is 9.84. The van der Waals surface area contributed by atoms with Crippen LogP contribution in [0.2, 0.25) is 0 Å². The summed E-state index contributed by atoms with van der Waals surface area (Å²) in [5.41, 5.74) is 4.67. The van der Waals surface area contributed by atoms with Crippen molar-refractivity contribution in [1.82, 2.24) is 4.90 Å². The molecule has 8 heteroatoms. The van der Waals surface area contributed by atoms with Crippen LogP contribution in [0.5, 0.6) is 5.75 Å². The van der Waals surface area contributed by atoms with Crippen molar-refractivity contribution in [3.8, 4) is 5.75 Å². The van der Waals surface area contributed by atoms with E-state index in [2.05, 4.69) is 5.32 Å². The third-order valence-electron chi connectivity index (χ3n) is 7.94. The van der Waals surface area contributed by atoms with E-state index in [-0.39, 0.29) is 23.7 Å². The average molecular weight is 511 g/mol. The van der Waals surface area contributed by atoms with Gasteiger partial charge in [-0.15, -0.1) is 0 Å². The number of nitrogens with zero attached hydrogens (tertiary/aromatic N) is 1. The first-order valence-corrected chi connectivity index (χ1v) is 12.6. The normalized spacial score (nSPS) is 23.3. The summed E-state index contributed by atoms with van der Waals surface area (Å²) in [7, 11) is 1.48. The molecule has 3 atom stereocenters. The third kappa shape index (κ3) is 3.51. The van der Waals surface area contributed by atoms with Crippen LogP contribution in [-0.2, 0) is 23.9 Å². The molecular weight excluding hydrogens is 484 g/mol. The molecule has 3 aromatic rings. The Kier molecular flexibility index (Phi) is 5.75. The van der Waals surface area contributed by atoms with E-state index in [9.17, 15) is 19.2 Å². The lowest BCUT2D eigenvalue weighted by atomic mass is 9.55. The van der Waals surface area contributed by atoms with Crippen molar-refractivity contribution < 1.29 is 28.7 Å². The quantitative estimate of drug-likeness (QED) is 0.403. The Morgan fingerprint density at radius 2 is 1.29 bits per heavy atom. The third-order valence-corrected chi connectivity index (χ3v) is 7.94. The highest BCUT2D eigenvalue weighted by Gasteiger charge is 2.62. The second kappa shape index (κ2) is 9.13. The van der Waals surface area contributed by atoms with Gasteiger partial charge in [0.2, 0.25) is 11.8 Å². The Bertz CT molecular complexity index is 1370. The summed E-state index contributed by atoms with van der Waals surface area (Å²) >= 11 is 0. The number of amides is 3. The van der Waals surface area contributed by atoms with Crippen molar-refractivity contribution >= 4 is 29.4 Å². The van der Waals surface area contributed by atoms with Crippen molar-refractivity contribution in [2.24, 2.45) is 11.8 Å². The molecule has 7 rings (SSSR count). The Hall–Kier alpha value is -4.46. The van der Waals surface area contributed by atoms with Crippen molar-refractivity contribution in [2.75, 3.05) is 19.0 Å². The molecule has 1 heterocycles. The highest BCUT2D eigenvalue weighted by atomic mass is 16.5. The van der Waals surface area contributed by atoms with Gasteiger partial charge in [-0.3, -0.25) is 19.3 Å². The second-order valence-corrected chi connectivity index (χ2v) is 9.84. The minimum Gasteiger partial charge on any atom is -0.495 e. The largest absolute Gasteiger partial charge is 0.495 e. The number of esters is 1. The molecule has 0 unspecified atom stereocenters. The van der Waals surface area contributed by atoms with Gasteiger partial charge in [0.1, 0.15) is 11.8 Å². The van der Waals surface area contributed by atoms with E-state index in [1.54, 1.807) is 24.3 Å². The van der Waals surface area contributed by atoms with Gasteiger partial charge in [-0.25, -0.2) is 4.79 Å². The van der Waals surface area contributed by atoms with Crippen LogP contribution in [-0.4, -0.2) is 48.3 Å². The first-order valence-electron chi connectivity index (χ1n) is 12.6. The van der Waals surface area contributed by atoms with E-state index in [0.29, 0.717) is 11.4 Å². The van der Waals surface area contributed by atoms with E-state index < -0.39 is 36.4 Å². The molecule has 8 nitrogen and oxygen atoms in total. The molecular formula is C30H26N2O6. The number of likely N-dealkylation sites (tertiary alicyclic amines) is 1. The summed E-state index contributed by atoms with van der Waals surface area (Å²) in [6, 6.07) is 21.6. The number of hydrogen-bond acceptors (Lipinski definition) is 6. The number of methoxy groups -OCH3 is 1. The van der Waals surface area contributed by atoms with E-state index in [0.717, 1.165) is 27.2 Å². The van der Waals surface area contributed by atoms with Crippen molar-refractivity contribution in [2.45, 2.75) is 24.8 Å². The first kappa shape index (κ1) is 23.9. The molecule has 0 saturated carbocycles. The van der Waals surface area contributed by atoms with Crippen LogP contribution < -0.4 is 10.1 Å². The van der Waals surface area contributed by atoms with Crippen molar-refractivity contribution in [1.29, 1.82) is 0 Å². The zero-order valence-corrected chi connectivity index (χ0v) is 20.9. The van der Waals surface area contributed by atoms with Crippen molar-refractivity contribution in [3.63, 3.8) is 0 Å². The standard InChI is InChI=1S/C30H26N2O6/c1-16(30(36)38-15-23(33)31-21-13-7-8-14-22(21)37-2)32-28(34)26-24-17-9-3-4-10-18(17)25(27(26)29(32)35)20-12-6-5-11-19(20)24/h3-14,16,24-27H,15H2,1-2H3,(H,31,33)/t16-,24?,25?,26+,27+/m0/s1. The predicted molar refractivity (Wildman–Crippen MR) is 137 cm³/mol. The lowest BCUT2D eigenvalue weighted by Gasteiger charge is -2.45. The van der Waals surface area contributed by atoms with Crippen LogP contribution in [0, 0.1) is 11.8 Å². The van der Waals surface area contributed by atoms with E-state index in [1.807, 2.05) is 48.5 Å². The number of rotatable bonds is 6. The van der Waals surface area contributed by atoms with E-state index in [1.165, 1.54) is 14.0 Å². The number of benzene rings is 3. The summed E-state index contributed by atoms with van der Waals surface area (Å²) in [5, 5.41) is 2.63. The Labute approximate surface area is 219 Å². The predicted octanol–water partition coefficient (Wildman–Crippen LogP) is 3.46. The topological polar surface area (TPSA) is 102 Å². The SMILES string of the molecule is COc1ccccc1NC(=O)COC(=O)[C@H](C)N1C(=O)[C@@H]2C3c4ccccc4C(c4ccccc43)[C@H]2C1=O. The molecule has 3 aliphatic carbocycles. The van der Waals surface area contributed by atoms with Crippen LogP contribution in [0.25, 0.3) is 0 Å². The molecule has 3 aromatic carbocycles. The van der Waals surface area contributed by atoms with Gasteiger partial charge in [0, 0.05) is 11.8 Å². The Morgan fingerprint density at radius 1 is 0.816 bits per heavy atom. The molecule has 1 fully saturated rings. The van der Waals surface area contributed by atoms with Crippen molar-refractivity contribution in [3.05, 3.63) is 95.1 Å². The lowest BCUT2D eigenvalue weighted by molar-refractivity contribution is -0.159. The van der Waals surface area contributed by atoms with Gasteiger partial charge in [-0.2, -0.15) is 0 Å². The zero-order valence-electron chi connectivity index (χ0n) is 20.9. The fourth-order valence-electron chi connectivity index (χ4n) is 6.38. The number of hydrogen-bond donors (Lipinski definition) is 1. The maximum absolute atomic E-state index is 13.8. The molecule has 0 spiro atoms. The molecule has 38 heavy (non-hydrogen) atoms. The summed E-state index contributed by atoms with van der Waals surface area (Å²) in [6.45, 7) is 0.905. The number of imide groups is 1. The highest BCUT2D eigenvalue weighted by Crippen LogP contribution is 2.61.